The van der Waals surface area contributed by atoms with Crippen LogP contribution in [0.3, 0.4) is 0 Å². The lowest BCUT2D eigenvalue weighted by atomic mass is 9.87. The molecule has 1 aromatic heterocycles. The molecule has 0 aromatic carbocycles. The van der Waals surface area contributed by atoms with E-state index in [0.29, 0.717) is 13.1 Å². The van der Waals surface area contributed by atoms with Crippen molar-refractivity contribution in [3.05, 3.63) is 18.5 Å². The van der Waals surface area contributed by atoms with E-state index in [1.807, 2.05) is 0 Å². The molecule has 17 heavy (non-hydrogen) atoms. The lowest BCUT2D eigenvalue weighted by Gasteiger charge is -2.41. The Bertz CT molecular complexity index is 410. The van der Waals surface area contributed by atoms with Crippen LogP contribution in [0.1, 0.15) is 6.92 Å². The van der Waals surface area contributed by atoms with E-state index in [0.717, 1.165) is 0 Å². The second-order valence-corrected chi connectivity index (χ2v) is 4.39. The van der Waals surface area contributed by atoms with Gasteiger partial charge in [0, 0.05) is 31.4 Å². The predicted octanol–water partition coefficient (Wildman–Crippen LogP) is 0.0622. The van der Waals surface area contributed by atoms with Crippen LogP contribution >= 0.6 is 0 Å². The molecule has 1 aliphatic rings. The highest BCUT2D eigenvalue weighted by Crippen LogP contribution is 2.24. The molecule has 0 bridgehead atoms. The van der Waals surface area contributed by atoms with Gasteiger partial charge in [0.2, 0.25) is 5.91 Å². The van der Waals surface area contributed by atoms with Crippen molar-refractivity contribution >= 4 is 11.9 Å². The first kappa shape index (κ1) is 11.6. The molecular weight excluding hydrogens is 222 g/mol. The van der Waals surface area contributed by atoms with Crippen LogP contribution in [0.5, 0.6) is 0 Å². The SMILES string of the molecule is CC(C(=O)O)C1CN(C(=O)Cn2cccn2)C1. The molecule has 1 unspecified atom stereocenters. The number of hydrogen-bond acceptors (Lipinski definition) is 3. The fraction of sp³-hybridized carbons (Fsp3) is 0.545. The molecule has 0 radical (unpaired) electrons. The fourth-order valence-electron chi connectivity index (χ4n) is 1.87. The number of carboxylic acid groups (broad SMARTS) is 1. The van der Waals surface area contributed by atoms with Gasteiger partial charge in [0.15, 0.2) is 0 Å². The molecule has 1 fully saturated rings. The zero-order chi connectivity index (χ0) is 12.4. The van der Waals surface area contributed by atoms with Gasteiger partial charge in [-0.15, -0.1) is 0 Å². The largest absolute Gasteiger partial charge is 0.481 e. The molecule has 1 N–H and O–H groups in total. The maximum atomic E-state index is 11.7. The first-order valence-corrected chi connectivity index (χ1v) is 5.56. The van der Waals surface area contributed by atoms with E-state index in [9.17, 15) is 9.59 Å². The van der Waals surface area contributed by atoms with Crippen LogP contribution in [0, 0.1) is 11.8 Å². The highest BCUT2D eigenvalue weighted by Gasteiger charge is 2.36. The van der Waals surface area contributed by atoms with Crippen molar-refractivity contribution in [3.8, 4) is 0 Å². The number of carboxylic acids is 1. The van der Waals surface area contributed by atoms with Crippen LogP contribution in [-0.4, -0.2) is 44.8 Å². The van der Waals surface area contributed by atoms with Gasteiger partial charge in [-0.3, -0.25) is 14.3 Å². The second kappa shape index (κ2) is 4.57. The summed E-state index contributed by atoms with van der Waals surface area (Å²) in [5.74, 6) is -1.12. The normalized spacial score (nSPS) is 17.6. The maximum Gasteiger partial charge on any atom is 0.306 e. The average Bonchev–Trinajstić information content (AvgIpc) is 2.67. The molecule has 6 heteroatoms. The topological polar surface area (TPSA) is 75.4 Å². The smallest absolute Gasteiger partial charge is 0.306 e. The molecule has 1 saturated heterocycles. The van der Waals surface area contributed by atoms with Crippen molar-refractivity contribution in [3.63, 3.8) is 0 Å². The standard InChI is InChI=1S/C11H15N3O3/c1-8(11(16)17)9-5-13(6-9)10(15)7-14-4-2-3-12-14/h2-4,8-9H,5-7H2,1H3,(H,16,17). The Morgan fingerprint density at radius 1 is 1.53 bits per heavy atom. The molecule has 0 aliphatic carbocycles. The van der Waals surface area contributed by atoms with Crippen LogP contribution in [0.4, 0.5) is 0 Å². The van der Waals surface area contributed by atoms with E-state index < -0.39 is 5.97 Å². The molecule has 2 rings (SSSR count). The quantitative estimate of drug-likeness (QED) is 0.803. The number of nitrogens with zero attached hydrogens (tertiary/aromatic N) is 3. The molecule has 0 spiro atoms. The van der Waals surface area contributed by atoms with Crippen LogP contribution in [0.2, 0.25) is 0 Å². The second-order valence-electron chi connectivity index (χ2n) is 4.39. The molecule has 1 atom stereocenters. The van der Waals surface area contributed by atoms with Crippen molar-refractivity contribution in [1.29, 1.82) is 0 Å². The minimum atomic E-state index is -0.797. The van der Waals surface area contributed by atoms with Gasteiger partial charge < -0.3 is 10.0 Å². The fourth-order valence-corrected chi connectivity index (χ4v) is 1.87. The summed E-state index contributed by atoms with van der Waals surface area (Å²) in [7, 11) is 0. The van der Waals surface area contributed by atoms with Gasteiger partial charge in [-0.25, -0.2) is 0 Å². The van der Waals surface area contributed by atoms with E-state index in [1.54, 1.807) is 35.0 Å². The zero-order valence-corrected chi connectivity index (χ0v) is 9.61. The summed E-state index contributed by atoms with van der Waals surface area (Å²) in [6, 6.07) is 1.76. The Labute approximate surface area is 98.8 Å². The van der Waals surface area contributed by atoms with E-state index >= 15 is 0 Å². The minimum Gasteiger partial charge on any atom is -0.481 e. The average molecular weight is 237 g/mol. The van der Waals surface area contributed by atoms with E-state index in [2.05, 4.69) is 5.10 Å². The molecule has 1 aromatic rings. The lowest BCUT2D eigenvalue weighted by Crippen LogP contribution is -2.54. The third-order valence-electron chi connectivity index (χ3n) is 3.22. The van der Waals surface area contributed by atoms with Gasteiger partial charge in [0.25, 0.3) is 0 Å². The van der Waals surface area contributed by atoms with Gasteiger partial charge in [0.05, 0.1) is 5.92 Å². The van der Waals surface area contributed by atoms with Crippen LogP contribution in [0.15, 0.2) is 18.5 Å². The number of rotatable bonds is 4. The van der Waals surface area contributed by atoms with Crippen molar-refractivity contribution in [2.75, 3.05) is 13.1 Å². The third kappa shape index (κ3) is 2.46. The first-order valence-electron chi connectivity index (χ1n) is 5.56. The van der Waals surface area contributed by atoms with Gasteiger partial charge >= 0.3 is 5.97 Å². The minimum absolute atomic E-state index is 0.0115. The van der Waals surface area contributed by atoms with Gasteiger partial charge in [-0.2, -0.15) is 5.10 Å². The Morgan fingerprint density at radius 2 is 2.24 bits per heavy atom. The monoisotopic (exact) mass is 237 g/mol. The summed E-state index contributed by atoms with van der Waals surface area (Å²) < 4.78 is 1.57. The summed E-state index contributed by atoms with van der Waals surface area (Å²) in [5.41, 5.74) is 0. The molecule has 1 aliphatic heterocycles. The summed E-state index contributed by atoms with van der Waals surface area (Å²) in [4.78, 5) is 24.2. The van der Waals surface area contributed by atoms with Gasteiger partial charge in [0.1, 0.15) is 6.54 Å². The maximum absolute atomic E-state index is 11.7. The summed E-state index contributed by atoms with van der Waals surface area (Å²) in [5, 5.41) is 12.8. The third-order valence-corrected chi connectivity index (χ3v) is 3.22. The van der Waals surface area contributed by atoms with E-state index in [4.69, 9.17) is 5.11 Å². The number of hydrogen-bond donors (Lipinski definition) is 1. The Balaban J connectivity index is 1.80. The van der Waals surface area contributed by atoms with E-state index in [-0.39, 0.29) is 24.3 Å². The number of carbonyl (C=O) groups excluding carboxylic acids is 1. The Morgan fingerprint density at radius 3 is 2.76 bits per heavy atom. The molecule has 0 saturated carbocycles. The predicted molar refractivity (Wildman–Crippen MR) is 59.1 cm³/mol. The summed E-state index contributed by atoms with van der Waals surface area (Å²) in [6.45, 7) is 2.98. The molecule has 2 heterocycles. The van der Waals surface area contributed by atoms with Crippen molar-refractivity contribution in [2.24, 2.45) is 11.8 Å². The Kier molecular flexibility index (Phi) is 3.12. The lowest BCUT2D eigenvalue weighted by molar-refractivity contribution is -0.150. The molecule has 6 nitrogen and oxygen atoms in total. The highest BCUT2D eigenvalue weighted by atomic mass is 16.4. The summed E-state index contributed by atoms with van der Waals surface area (Å²) in [6.07, 6.45) is 3.35. The highest BCUT2D eigenvalue weighted by molar-refractivity contribution is 5.77. The number of carbonyl (C=O) groups is 2. The van der Waals surface area contributed by atoms with Crippen LogP contribution in [0.25, 0.3) is 0 Å². The van der Waals surface area contributed by atoms with Gasteiger partial charge in [-0.1, -0.05) is 6.92 Å². The van der Waals surface area contributed by atoms with E-state index in [1.165, 1.54) is 0 Å². The number of likely N-dealkylation sites (tertiary alicyclic amines) is 1. The van der Waals surface area contributed by atoms with Gasteiger partial charge in [-0.05, 0) is 6.07 Å². The molecular formula is C11H15N3O3. The van der Waals surface area contributed by atoms with Crippen molar-refractivity contribution in [1.82, 2.24) is 14.7 Å². The van der Waals surface area contributed by atoms with Crippen LogP contribution < -0.4 is 0 Å². The zero-order valence-electron chi connectivity index (χ0n) is 9.61. The van der Waals surface area contributed by atoms with Crippen molar-refractivity contribution < 1.29 is 14.7 Å². The number of amides is 1. The van der Waals surface area contributed by atoms with Crippen LogP contribution in [-0.2, 0) is 16.1 Å². The van der Waals surface area contributed by atoms with Crippen molar-refractivity contribution in [2.45, 2.75) is 13.5 Å². The number of aliphatic carboxylic acids is 1. The Hall–Kier alpha value is -1.85. The number of aromatic nitrogens is 2. The summed E-state index contributed by atoms with van der Waals surface area (Å²) >= 11 is 0. The molecule has 92 valence electrons. The molecule has 1 amide bonds. The first-order chi connectivity index (χ1) is 8.08.